The Morgan fingerprint density at radius 2 is 2.14 bits per heavy atom. The van der Waals surface area contributed by atoms with Gasteiger partial charge in [0.1, 0.15) is 4.90 Å². The Morgan fingerprint density at radius 3 is 2.68 bits per heavy atom. The highest BCUT2D eigenvalue weighted by Gasteiger charge is 2.20. The number of benzene rings is 1. The first-order valence-electron chi connectivity index (χ1n) is 6.71. The van der Waals surface area contributed by atoms with E-state index in [1.807, 2.05) is 6.92 Å². The molecule has 1 aromatic carbocycles. The minimum atomic E-state index is -3.87. The van der Waals surface area contributed by atoms with Crippen molar-refractivity contribution >= 4 is 21.7 Å². The van der Waals surface area contributed by atoms with Crippen LogP contribution in [-0.4, -0.2) is 29.3 Å². The summed E-state index contributed by atoms with van der Waals surface area (Å²) in [5.74, 6) is -1.18. The quantitative estimate of drug-likeness (QED) is 0.845. The lowest BCUT2D eigenvalue weighted by molar-refractivity contribution is 0.0698. The molecule has 0 spiro atoms. The Bertz CT molecular complexity index is 796. The lowest BCUT2D eigenvalue weighted by atomic mass is 10.1. The van der Waals surface area contributed by atoms with Gasteiger partial charge in [-0.3, -0.25) is 9.40 Å². The first-order chi connectivity index (χ1) is 10.3. The van der Waals surface area contributed by atoms with Crippen LogP contribution in [0.25, 0.3) is 0 Å². The van der Waals surface area contributed by atoms with E-state index in [1.165, 1.54) is 29.2 Å². The van der Waals surface area contributed by atoms with Gasteiger partial charge in [-0.1, -0.05) is 19.4 Å². The molecule has 1 heterocycles. The van der Waals surface area contributed by atoms with Crippen molar-refractivity contribution in [1.29, 1.82) is 0 Å². The average molecular weight is 323 g/mol. The molecule has 0 aliphatic heterocycles. The molecule has 2 N–H and O–H groups in total. The Hall–Kier alpha value is -2.35. The van der Waals surface area contributed by atoms with E-state index in [0.29, 0.717) is 0 Å². The van der Waals surface area contributed by atoms with Gasteiger partial charge in [-0.05, 0) is 24.1 Å². The number of sulfonamides is 1. The van der Waals surface area contributed by atoms with E-state index in [9.17, 15) is 18.3 Å². The summed E-state index contributed by atoms with van der Waals surface area (Å²) >= 11 is 0. The van der Waals surface area contributed by atoms with Gasteiger partial charge in [-0.2, -0.15) is 5.10 Å². The van der Waals surface area contributed by atoms with Gasteiger partial charge in [0.05, 0.1) is 17.4 Å². The van der Waals surface area contributed by atoms with E-state index in [1.54, 1.807) is 13.1 Å². The first kappa shape index (κ1) is 16.0. The van der Waals surface area contributed by atoms with E-state index in [2.05, 4.69) is 9.82 Å². The fourth-order valence-corrected chi connectivity index (χ4v) is 3.11. The van der Waals surface area contributed by atoms with Crippen LogP contribution in [-0.2, 0) is 23.5 Å². The summed E-state index contributed by atoms with van der Waals surface area (Å²) < 4.78 is 28.1. The van der Waals surface area contributed by atoms with E-state index < -0.39 is 16.0 Å². The second-order valence-corrected chi connectivity index (χ2v) is 6.57. The first-order valence-corrected chi connectivity index (χ1v) is 8.19. The van der Waals surface area contributed by atoms with Crippen LogP contribution in [0.5, 0.6) is 0 Å². The zero-order valence-corrected chi connectivity index (χ0v) is 13.1. The lowest BCUT2D eigenvalue weighted by Crippen LogP contribution is -2.15. The Balaban J connectivity index is 2.38. The predicted molar refractivity (Wildman–Crippen MR) is 81.4 cm³/mol. The van der Waals surface area contributed by atoms with Crippen molar-refractivity contribution in [3.05, 3.63) is 41.7 Å². The number of hydrogen-bond acceptors (Lipinski definition) is 4. The maximum absolute atomic E-state index is 12.2. The third-order valence-electron chi connectivity index (χ3n) is 3.09. The van der Waals surface area contributed by atoms with Gasteiger partial charge in [-0.25, -0.2) is 13.2 Å². The molecule has 118 valence electrons. The van der Waals surface area contributed by atoms with Crippen molar-refractivity contribution in [3.63, 3.8) is 0 Å². The highest BCUT2D eigenvalue weighted by Crippen LogP contribution is 2.22. The van der Waals surface area contributed by atoms with Crippen LogP contribution >= 0.6 is 0 Å². The molecule has 0 atom stereocenters. The standard InChI is InChI=1S/C14H17N3O4S/c1-3-4-10-5-6-13(12(7-10)14(18)19)16-22(20,21)11-8-15-17(2)9-11/h5-9,16H,3-4H2,1-2H3,(H,18,19). The van der Waals surface area contributed by atoms with Gasteiger partial charge in [0, 0.05) is 13.2 Å². The van der Waals surface area contributed by atoms with Crippen molar-refractivity contribution in [2.45, 2.75) is 24.7 Å². The van der Waals surface area contributed by atoms with Crippen LogP contribution in [0, 0.1) is 0 Å². The normalized spacial score (nSPS) is 11.4. The number of anilines is 1. The zero-order valence-electron chi connectivity index (χ0n) is 12.3. The van der Waals surface area contributed by atoms with Crippen molar-refractivity contribution in [1.82, 2.24) is 9.78 Å². The number of rotatable bonds is 6. The Morgan fingerprint density at radius 1 is 1.41 bits per heavy atom. The highest BCUT2D eigenvalue weighted by atomic mass is 32.2. The third-order valence-corrected chi connectivity index (χ3v) is 4.41. The monoisotopic (exact) mass is 323 g/mol. The van der Waals surface area contributed by atoms with Gasteiger partial charge in [0.25, 0.3) is 10.0 Å². The average Bonchev–Trinajstić information content (AvgIpc) is 2.88. The summed E-state index contributed by atoms with van der Waals surface area (Å²) in [6.07, 6.45) is 4.15. The Labute approximate surface area is 128 Å². The second-order valence-electron chi connectivity index (χ2n) is 4.89. The smallest absolute Gasteiger partial charge is 0.337 e. The van der Waals surface area contributed by atoms with E-state index in [0.717, 1.165) is 18.4 Å². The molecule has 0 aliphatic carbocycles. The molecule has 0 unspecified atom stereocenters. The van der Waals surface area contributed by atoms with E-state index >= 15 is 0 Å². The molecule has 8 heteroatoms. The summed E-state index contributed by atoms with van der Waals surface area (Å²) in [5.41, 5.74) is 0.818. The molecule has 0 fully saturated rings. The molecule has 7 nitrogen and oxygen atoms in total. The third kappa shape index (κ3) is 3.45. The molecule has 0 saturated carbocycles. The fourth-order valence-electron chi connectivity index (χ4n) is 2.04. The minimum absolute atomic E-state index is 0.0241. The number of carboxylic acid groups (broad SMARTS) is 1. The van der Waals surface area contributed by atoms with Crippen molar-refractivity contribution < 1.29 is 18.3 Å². The molecular weight excluding hydrogens is 306 g/mol. The molecule has 1 aromatic heterocycles. The number of aromatic nitrogens is 2. The van der Waals surface area contributed by atoms with Gasteiger partial charge in [0.15, 0.2) is 0 Å². The molecular formula is C14H17N3O4S. The van der Waals surface area contributed by atoms with Crippen molar-refractivity contribution in [2.75, 3.05) is 4.72 Å². The second kappa shape index (κ2) is 6.18. The summed E-state index contributed by atoms with van der Waals surface area (Å²) in [4.78, 5) is 11.3. The molecule has 0 saturated heterocycles. The summed E-state index contributed by atoms with van der Waals surface area (Å²) in [7, 11) is -2.27. The molecule has 0 amide bonds. The molecule has 2 aromatic rings. The Kier molecular flexibility index (Phi) is 4.51. The van der Waals surface area contributed by atoms with Crippen LogP contribution in [0.4, 0.5) is 5.69 Å². The van der Waals surface area contributed by atoms with E-state index in [-0.39, 0.29) is 16.1 Å². The van der Waals surface area contributed by atoms with Crippen LogP contribution in [0.3, 0.4) is 0 Å². The van der Waals surface area contributed by atoms with Gasteiger partial charge < -0.3 is 5.11 Å². The van der Waals surface area contributed by atoms with Crippen molar-refractivity contribution in [3.8, 4) is 0 Å². The van der Waals surface area contributed by atoms with Crippen LogP contribution in [0.2, 0.25) is 0 Å². The highest BCUT2D eigenvalue weighted by molar-refractivity contribution is 7.92. The van der Waals surface area contributed by atoms with Crippen LogP contribution in [0.1, 0.15) is 29.3 Å². The summed E-state index contributed by atoms with van der Waals surface area (Å²) in [6.45, 7) is 1.99. The van der Waals surface area contributed by atoms with Crippen LogP contribution < -0.4 is 4.72 Å². The minimum Gasteiger partial charge on any atom is -0.478 e. The topological polar surface area (TPSA) is 101 Å². The number of nitrogens with zero attached hydrogens (tertiary/aromatic N) is 2. The predicted octanol–water partition coefficient (Wildman–Crippen LogP) is 1.87. The van der Waals surface area contributed by atoms with Gasteiger partial charge in [-0.15, -0.1) is 0 Å². The van der Waals surface area contributed by atoms with Crippen LogP contribution in [0.15, 0.2) is 35.5 Å². The van der Waals surface area contributed by atoms with E-state index in [4.69, 9.17) is 0 Å². The molecule has 22 heavy (non-hydrogen) atoms. The molecule has 0 aliphatic rings. The number of aryl methyl sites for hydroxylation is 2. The maximum atomic E-state index is 12.2. The summed E-state index contributed by atoms with van der Waals surface area (Å²) in [6, 6.07) is 4.69. The van der Waals surface area contributed by atoms with Gasteiger partial charge >= 0.3 is 5.97 Å². The van der Waals surface area contributed by atoms with Gasteiger partial charge in [0.2, 0.25) is 0 Å². The molecule has 2 rings (SSSR count). The van der Waals surface area contributed by atoms with Crippen molar-refractivity contribution in [2.24, 2.45) is 7.05 Å². The number of nitrogens with one attached hydrogen (secondary N) is 1. The number of hydrogen-bond donors (Lipinski definition) is 2. The SMILES string of the molecule is CCCc1ccc(NS(=O)(=O)c2cnn(C)c2)c(C(=O)O)c1. The molecule has 0 radical (unpaired) electrons. The largest absolute Gasteiger partial charge is 0.478 e. The zero-order chi connectivity index (χ0) is 16.3. The lowest BCUT2D eigenvalue weighted by Gasteiger charge is -2.11. The number of carboxylic acids is 1. The fraction of sp³-hybridized carbons (Fsp3) is 0.286. The summed E-state index contributed by atoms with van der Waals surface area (Å²) in [5, 5.41) is 13.1. The number of aromatic carboxylic acids is 1. The maximum Gasteiger partial charge on any atom is 0.337 e. The molecule has 0 bridgehead atoms. The number of carbonyl (C=O) groups is 1.